The number of benzene rings is 3. The number of rotatable bonds is 5. The van der Waals surface area contributed by atoms with Gasteiger partial charge in [-0.3, -0.25) is 4.79 Å². The van der Waals surface area contributed by atoms with Gasteiger partial charge in [0.1, 0.15) is 29.4 Å². The number of phenolic OH excluding ortho intramolecular Hbond substituents is 2. The van der Waals surface area contributed by atoms with Crippen LogP contribution in [0.4, 0.5) is 5.69 Å². The molecule has 3 aromatic carbocycles. The van der Waals surface area contributed by atoms with Crippen LogP contribution in [0.2, 0.25) is 0 Å². The molecule has 0 radical (unpaired) electrons. The summed E-state index contributed by atoms with van der Waals surface area (Å²) in [5.41, 5.74) is 4.09. The van der Waals surface area contributed by atoms with Crippen molar-refractivity contribution in [3.05, 3.63) is 82.9 Å². The van der Waals surface area contributed by atoms with E-state index in [9.17, 15) is 15.0 Å². The first-order valence-electron chi connectivity index (χ1n) is 10.8. The van der Waals surface area contributed by atoms with Crippen molar-refractivity contribution >= 4 is 11.6 Å². The van der Waals surface area contributed by atoms with Gasteiger partial charge >= 0.3 is 0 Å². The van der Waals surface area contributed by atoms with Gasteiger partial charge in [0.25, 0.3) is 5.91 Å². The highest BCUT2D eigenvalue weighted by Crippen LogP contribution is 2.39. The van der Waals surface area contributed by atoms with E-state index in [-0.39, 0.29) is 41.2 Å². The van der Waals surface area contributed by atoms with E-state index in [1.54, 1.807) is 4.90 Å². The van der Waals surface area contributed by atoms with Crippen LogP contribution in [-0.2, 0) is 19.7 Å². The number of nitrogens with zero attached hydrogens (tertiary/aromatic N) is 3. The van der Waals surface area contributed by atoms with Crippen LogP contribution in [0.25, 0.3) is 0 Å². The van der Waals surface area contributed by atoms with Gasteiger partial charge in [0.2, 0.25) is 0 Å². The second-order valence-electron chi connectivity index (χ2n) is 8.42. The molecule has 1 saturated heterocycles. The Bertz CT molecular complexity index is 1250. The smallest absolute Gasteiger partial charge is 0.262 e. The summed E-state index contributed by atoms with van der Waals surface area (Å²) in [4.78, 5) is 17.3. The summed E-state index contributed by atoms with van der Waals surface area (Å²) >= 11 is 0. The van der Waals surface area contributed by atoms with E-state index in [0.29, 0.717) is 26.2 Å². The fraction of sp³-hybridized carbons (Fsp3) is 0.231. The normalized spacial score (nSPS) is 15.0. The molecule has 2 aliphatic heterocycles. The molecule has 7 heteroatoms. The van der Waals surface area contributed by atoms with Gasteiger partial charge < -0.3 is 24.7 Å². The summed E-state index contributed by atoms with van der Waals surface area (Å²) in [5, 5.41) is 29.6. The molecule has 166 valence electrons. The Kier molecular flexibility index (Phi) is 5.27. The van der Waals surface area contributed by atoms with Gasteiger partial charge in [-0.1, -0.05) is 42.5 Å². The van der Waals surface area contributed by atoms with Crippen LogP contribution in [0.1, 0.15) is 27.0 Å². The average molecular weight is 441 g/mol. The molecule has 7 nitrogen and oxygen atoms in total. The zero-order valence-corrected chi connectivity index (χ0v) is 17.9. The summed E-state index contributed by atoms with van der Waals surface area (Å²) in [6.45, 7) is 2.39. The van der Waals surface area contributed by atoms with E-state index >= 15 is 0 Å². The molecule has 2 heterocycles. The third-order valence-corrected chi connectivity index (χ3v) is 6.17. The lowest BCUT2D eigenvalue weighted by molar-refractivity contribution is 0.0743. The molecular weight excluding hydrogens is 418 g/mol. The van der Waals surface area contributed by atoms with Crippen LogP contribution in [0, 0.1) is 17.2 Å². The van der Waals surface area contributed by atoms with Crippen molar-refractivity contribution in [2.75, 3.05) is 18.0 Å². The molecule has 33 heavy (non-hydrogen) atoms. The van der Waals surface area contributed by atoms with Gasteiger partial charge in [0.05, 0.1) is 12.0 Å². The molecule has 3 aromatic rings. The average Bonchev–Trinajstić information content (AvgIpc) is 3.22. The van der Waals surface area contributed by atoms with Crippen molar-refractivity contribution in [3.8, 4) is 23.3 Å². The molecule has 0 aromatic heterocycles. The van der Waals surface area contributed by atoms with Crippen molar-refractivity contribution in [3.63, 3.8) is 0 Å². The molecule has 2 N–H and O–H groups in total. The van der Waals surface area contributed by atoms with Gasteiger partial charge in [-0.15, -0.1) is 0 Å². The molecule has 0 bridgehead atoms. The number of hydrogen-bond acceptors (Lipinski definition) is 6. The topological polar surface area (TPSA) is 97.0 Å². The minimum atomic E-state index is -0.365. The fourth-order valence-electron chi connectivity index (χ4n) is 4.41. The predicted molar refractivity (Wildman–Crippen MR) is 122 cm³/mol. The van der Waals surface area contributed by atoms with Crippen molar-refractivity contribution in [2.45, 2.75) is 19.7 Å². The Morgan fingerprint density at radius 3 is 2.61 bits per heavy atom. The van der Waals surface area contributed by atoms with Crippen molar-refractivity contribution in [1.82, 2.24) is 4.90 Å². The first-order chi connectivity index (χ1) is 16.0. The highest BCUT2D eigenvalue weighted by Gasteiger charge is 2.34. The summed E-state index contributed by atoms with van der Waals surface area (Å²) < 4.78 is 5.85. The Labute approximate surface area is 191 Å². The molecule has 0 saturated carbocycles. The maximum atomic E-state index is 13.5. The molecule has 0 aliphatic carbocycles. The van der Waals surface area contributed by atoms with E-state index in [1.165, 1.54) is 6.07 Å². The quantitative estimate of drug-likeness (QED) is 0.625. The second-order valence-corrected chi connectivity index (χ2v) is 8.42. The maximum absolute atomic E-state index is 13.5. The van der Waals surface area contributed by atoms with Crippen LogP contribution >= 0.6 is 0 Å². The van der Waals surface area contributed by atoms with E-state index in [2.05, 4.69) is 11.0 Å². The van der Waals surface area contributed by atoms with Gasteiger partial charge in [-0.05, 0) is 22.8 Å². The summed E-state index contributed by atoms with van der Waals surface area (Å²) in [6.07, 6.45) is 0. The fourth-order valence-corrected chi connectivity index (χ4v) is 4.41. The van der Waals surface area contributed by atoms with E-state index < -0.39 is 0 Å². The number of amides is 1. The number of fused-ring (bicyclic) bond motifs is 1. The first-order valence-corrected chi connectivity index (χ1v) is 10.8. The Morgan fingerprint density at radius 2 is 1.85 bits per heavy atom. The minimum Gasteiger partial charge on any atom is -0.508 e. The number of carbonyl (C=O) groups is 1. The van der Waals surface area contributed by atoms with Gasteiger partial charge in [-0.25, -0.2) is 0 Å². The molecule has 0 spiro atoms. The van der Waals surface area contributed by atoms with E-state index in [4.69, 9.17) is 10.00 Å². The molecule has 5 rings (SSSR count). The van der Waals surface area contributed by atoms with Gasteiger partial charge in [-0.2, -0.15) is 5.26 Å². The SMILES string of the molecule is N#CC1CN(c2cccc3c2CN(C(=O)c2c(O)cc(O)cc2OCc2ccccc2)C3)C1. The van der Waals surface area contributed by atoms with Crippen LogP contribution in [0.5, 0.6) is 17.2 Å². The lowest BCUT2D eigenvalue weighted by atomic mass is 9.98. The van der Waals surface area contributed by atoms with Crippen LogP contribution in [-0.4, -0.2) is 34.1 Å². The van der Waals surface area contributed by atoms with Gasteiger partial charge in [0.15, 0.2) is 0 Å². The highest BCUT2D eigenvalue weighted by atomic mass is 16.5. The number of phenols is 2. The molecule has 2 aliphatic rings. The zero-order chi connectivity index (χ0) is 22.9. The standard InChI is InChI=1S/C26H23N3O4/c27-11-18-12-28(13-18)22-8-4-7-19-14-29(15-21(19)22)26(32)25-23(31)9-20(30)10-24(25)33-16-17-5-2-1-3-6-17/h1-10,18,30-31H,12-16H2. The first kappa shape index (κ1) is 20.7. The molecule has 1 amide bonds. The number of hydrogen-bond donors (Lipinski definition) is 2. The van der Waals surface area contributed by atoms with Crippen LogP contribution in [0.3, 0.4) is 0 Å². The number of anilines is 1. The second kappa shape index (κ2) is 8.40. The largest absolute Gasteiger partial charge is 0.508 e. The van der Waals surface area contributed by atoms with E-state index in [1.807, 2.05) is 48.5 Å². The Morgan fingerprint density at radius 1 is 1.06 bits per heavy atom. The number of nitriles is 1. The van der Waals surface area contributed by atoms with Crippen LogP contribution < -0.4 is 9.64 Å². The number of ether oxygens (including phenoxy) is 1. The Hall–Kier alpha value is -4.18. The summed E-state index contributed by atoms with van der Waals surface area (Å²) in [6, 6.07) is 20.3. The summed E-state index contributed by atoms with van der Waals surface area (Å²) in [5.74, 6) is -0.686. The Balaban J connectivity index is 1.39. The van der Waals surface area contributed by atoms with Crippen molar-refractivity contribution in [2.24, 2.45) is 5.92 Å². The monoisotopic (exact) mass is 441 g/mol. The zero-order valence-electron chi connectivity index (χ0n) is 17.9. The van der Waals surface area contributed by atoms with Crippen molar-refractivity contribution in [1.29, 1.82) is 5.26 Å². The lowest BCUT2D eigenvalue weighted by Crippen LogP contribution is -2.46. The van der Waals surface area contributed by atoms with Crippen LogP contribution in [0.15, 0.2) is 60.7 Å². The molecular formula is C26H23N3O4. The highest BCUT2D eigenvalue weighted by molar-refractivity contribution is 6.00. The molecule has 1 fully saturated rings. The van der Waals surface area contributed by atoms with Crippen molar-refractivity contribution < 1.29 is 19.7 Å². The third kappa shape index (κ3) is 3.92. The molecule has 0 unspecified atom stereocenters. The lowest BCUT2D eigenvalue weighted by Gasteiger charge is -2.38. The predicted octanol–water partition coefficient (Wildman–Crippen LogP) is 3.79. The van der Waals surface area contributed by atoms with E-state index in [0.717, 1.165) is 28.4 Å². The number of aromatic hydroxyl groups is 2. The number of carbonyl (C=O) groups excluding carboxylic acids is 1. The summed E-state index contributed by atoms with van der Waals surface area (Å²) in [7, 11) is 0. The third-order valence-electron chi connectivity index (χ3n) is 6.17. The van der Waals surface area contributed by atoms with Gasteiger partial charge in [0, 0.05) is 44.0 Å². The minimum absolute atomic E-state index is 0.0339. The molecule has 0 atom stereocenters. The maximum Gasteiger partial charge on any atom is 0.262 e.